The SMILES string of the molecule is CC(C)Oc1ccc(C2=CC3CCCC(C2)S3(=O)=O)cc1. The molecule has 0 amide bonds. The van der Waals surface area contributed by atoms with Crippen LogP contribution in [0.5, 0.6) is 5.75 Å². The van der Waals surface area contributed by atoms with Crippen molar-refractivity contribution in [2.45, 2.75) is 56.1 Å². The Bertz CT molecular complexity index is 641. The third kappa shape index (κ3) is 2.86. The highest BCUT2D eigenvalue weighted by molar-refractivity contribution is 7.93. The Kier molecular flexibility index (Phi) is 3.82. The van der Waals surface area contributed by atoms with Crippen molar-refractivity contribution in [3.63, 3.8) is 0 Å². The van der Waals surface area contributed by atoms with Gasteiger partial charge in [0.05, 0.1) is 16.6 Å². The van der Waals surface area contributed by atoms with E-state index in [0.717, 1.165) is 30.6 Å². The summed E-state index contributed by atoms with van der Waals surface area (Å²) in [7, 11) is -2.93. The normalized spacial score (nSPS) is 27.3. The highest BCUT2D eigenvalue weighted by Crippen LogP contribution is 2.39. The zero-order valence-electron chi connectivity index (χ0n) is 12.6. The molecule has 3 rings (SSSR count). The molecule has 2 unspecified atom stereocenters. The van der Waals surface area contributed by atoms with Gasteiger partial charge < -0.3 is 4.74 Å². The van der Waals surface area contributed by atoms with Gasteiger partial charge in [0.15, 0.2) is 9.84 Å². The van der Waals surface area contributed by atoms with Gasteiger partial charge in [-0.2, -0.15) is 0 Å². The molecule has 0 spiro atoms. The van der Waals surface area contributed by atoms with Crippen molar-refractivity contribution >= 4 is 15.4 Å². The number of fused-ring (bicyclic) bond motifs is 2. The lowest BCUT2D eigenvalue weighted by atomic mass is 9.93. The lowest BCUT2D eigenvalue weighted by Crippen LogP contribution is -2.38. The number of sulfone groups is 1. The van der Waals surface area contributed by atoms with Crippen molar-refractivity contribution in [1.29, 1.82) is 0 Å². The van der Waals surface area contributed by atoms with Crippen LogP contribution in [0, 0.1) is 0 Å². The van der Waals surface area contributed by atoms with Crippen molar-refractivity contribution in [1.82, 2.24) is 0 Å². The molecule has 1 fully saturated rings. The number of benzene rings is 1. The maximum Gasteiger partial charge on any atom is 0.159 e. The van der Waals surface area contributed by atoms with Gasteiger partial charge in [-0.3, -0.25) is 0 Å². The van der Waals surface area contributed by atoms with Crippen molar-refractivity contribution in [3.8, 4) is 5.75 Å². The second-order valence-electron chi connectivity index (χ2n) is 6.27. The number of hydrogen-bond acceptors (Lipinski definition) is 3. The molecule has 2 bridgehead atoms. The highest BCUT2D eigenvalue weighted by Gasteiger charge is 2.40. The van der Waals surface area contributed by atoms with Crippen molar-refractivity contribution in [2.24, 2.45) is 0 Å². The van der Waals surface area contributed by atoms with Crippen LogP contribution in [0.1, 0.15) is 45.1 Å². The molecule has 1 aromatic carbocycles. The third-order valence-corrected chi connectivity index (χ3v) is 6.88. The number of rotatable bonds is 3. The van der Waals surface area contributed by atoms with Gasteiger partial charge in [0, 0.05) is 0 Å². The van der Waals surface area contributed by atoms with Crippen LogP contribution in [-0.4, -0.2) is 25.0 Å². The topological polar surface area (TPSA) is 43.4 Å². The van der Waals surface area contributed by atoms with Crippen molar-refractivity contribution in [2.75, 3.05) is 0 Å². The average Bonchev–Trinajstić information content (AvgIpc) is 2.38. The lowest BCUT2D eigenvalue weighted by Gasteiger charge is -2.33. The summed E-state index contributed by atoms with van der Waals surface area (Å²) in [5, 5.41) is -0.450. The van der Waals surface area contributed by atoms with Gasteiger partial charge in [-0.05, 0) is 56.4 Å². The molecule has 0 radical (unpaired) electrons. The molecular formula is C17H22O3S. The summed E-state index contributed by atoms with van der Waals surface area (Å²) in [5.41, 5.74) is 2.30. The van der Waals surface area contributed by atoms with Gasteiger partial charge in [-0.1, -0.05) is 24.6 Å². The van der Waals surface area contributed by atoms with Gasteiger partial charge in [-0.15, -0.1) is 0 Å². The first-order valence-corrected chi connectivity index (χ1v) is 9.28. The summed E-state index contributed by atoms with van der Waals surface area (Å²) >= 11 is 0. The smallest absolute Gasteiger partial charge is 0.159 e. The van der Waals surface area contributed by atoms with Gasteiger partial charge in [0.2, 0.25) is 0 Å². The molecule has 114 valence electrons. The second-order valence-corrected chi connectivity index (χ2v) is 8.72. The summed E-state index contributed by atoms with van der Waals surface area (Å²) in [4.78, 5) is 0. The van der Waals surface area contributed by atoms with E-state index < -0.39 is 9.84 Å². The summed E-state index contributed by atoms with van der Waals surface area (Å²) in [6, 6.07) is 8.01. The van der Waals surface area contributed by atoms with Crippen LogP contribution in [0.25, 0.3) is 5.57 Å². The predicted octanol–water partition coefficient (Wildman–Crippen LogP) is 3.60. The van der Waals surface area contributed by atoms with Crippen LogP contribution in [-0.2, 0) is 9.84 Å². The van der Waals surface area contributed by atoms with E-state index in [2.05, 4.69) is 0 Å². The average molecular weight is 306 g/mol. The molecule has 3 nitrogen and oxygen atoms in total. The Balaban J connectivity index is 1.86. The fourth-order valence-electron chi connectivity index (χ4n) is 3.29. The van der Waals surface area contributed by atoms with Crippen LogP contribution >= 0.6 is 0 Å². The Morgan fingerprint density at radius 1 is 1.14 bits per heavy atom. The molecule has 0 aromatic heterocycles. The van der Waals surface area contributed by atoms with Gasteiger partial charge >= 0.3 is 0 Å². The molecule has 2 aliphatic rings. The van der Waals surface area contributed by atoms with Crippen LogP contribution in [0.3, 0.4) is 0 Å². The Morgan fingerprint density at radius 2 is 1.86 bits per heavy atom. The molecule has 0 N–H and O–H groups in total. The molecule has 21 heavy (non-hydrogen) atoms. The van der Waals surface area contributed by atoms with Crippen LogP contribution in [0.4, 0.5) is 0 Å². The molecule has 2 aliphatic heterocycles. The van der Waals surface area contributed by atoms with Crippen molar-refractivity contribution < 1.29 is 13.2 Å². The molecule has 0 aliphatic carbocycles. The van der Waals surface area contributed by atoms with Gasteiger partial charge in [0.25, 0.3) is 0 Å². The van der Waals surface area contributed by atoms with Crippen LogP contribution < -0.4 is 4.74 Å². The van der Waals surface area contributed by atoms with E-state index in [-0.39, 0.29) is 16.6 Å². The number of allylic oxidation sites excluding steroid dienone is 1. The van der Waals surface area contributed by atoms with Crippen LogP contribution in [0.2, 0.25) is 0 Å². The summed E-state index contributed by atoms with van der Waals surface area (Å²) < 4.78 is 30.2. The van der Waals surface area contributed by atoms with E-state index in [1.165, 1.54) is 5.57 Å². The first kappa shape index (κ1) is 14.6. The first-order valence-electron chi connectivity index (χ1n) is 7.67. The summed E-state index contributed by atoms with van der Waals surface area (Å²) in [6.07, 6.45) is 5.41. The highest BCUT2D eigenvalue weighted by atomic mass is 32.2. The standard InChI is InChI=1S/C17H22O3S/c1-12(2)20-15-8-6-13(7-9-15)14-10-16-4-3-5-17(11-14)21(16,18)19/h6-10,12,16-17H,3-5,11H2,1-2H3. The summed E-state index contributed by atoms with van der Waals surface area (Å²) in [5.74, 6) is 0.859. The first-order chi connectivity index (χ1) is 9.96. The van der Waals surface area contributed by atoms with Gasteiger partial charge in [0.1, 0.15) is 5.75 Å². The number of ether oxygens (including phenoxy) is 1. The zero-order chi connectivity index (χ0) is 15.0. The molecule has 2 heterocycles. The minimum atomic E-state index is -2.93. The summed E-state index contributed by atoms with van der Waals surface area (Å²) in [6.45, 7) is 4.01. The van der Waals surface area contributed by atoms with E-state index in [1.807, 2.05) is 44.2 Å². The monoisotopic (exact) mass is 306 g/mol. The molecule has 1 aromatic rings. The number of hydrogen-bond donors (Lipinski definition) is 0. The predicted molar refractivity (Wildman–Crippen MR) is 85.1 cm³/mol. The largest absolute Gasteiger partial charge is 0.491 e. The molecule has 4 heteroatoms. The van der Waals surface area contributed by atoms with E-state index in [0.29, 0.717) is 6.42 Å². The van der Waals surface area contributed by atoms with E-state index in [1.54, 1.807) is 0 Å². The zero-order valence-corrected chi connectivity index (χ0v) is 13.4. The Labute approximate surface area is 126 Å². The lowest BCUT2D eigenvalue weighted by molar-refractivity contribution is 0.242. The maximum absolute atomic E-state index is 12.3. The minimum absolute atomic E-state index is 0.161. The van der Waals surface area contributed by atoms with Crippen molar-refractivity contribution in [3.05, 3.63) is 35.9 Å². The van der Waals surface area contributed by atoms with E-state index in [9.17, 15) is 8.42 Å². The fraction of sp³-hybridized carbons (Fsp3) is 0.529. The van der Waals surface area contributed by atoms with Gasteiger partial charge in [-0.25, -0.2) is 8.42 Å². The fourth-order valence-corrected chi connectivity index (χ4v) is 5.54. The Morgan fingerprint density at radius 3 is 2.48 bits per heavy atom. The molecule has 2 atom stereocenters. The molecule has 0 saturated carbocycles. The van der Waals surface area contributed by atoms with E-state index in [4.69, 9.17) is 4.74 Å². The Hall–Kier alpha value is -1.29. The maximum atomic E-state index is 12.3. The van der Waals surface area contributed by atoms with Crippen LogP contribution in [0.15, 0.2) is 30.3 Å². The van der Waals surface area contributed by atoms with E-state index >= 15 is 0 Å². The molecule has 1 saturated heterocycles. The second kappa shape index (κ2) is 5.48. The molecular weight excluding hydrogens is 284 g/mol. The quantitative estimate of drug-likeness (QED) is 0.857. The minimum Gasteiger partial charge on any atom is -0.491 e. The third-order valence-electron chi connectivity index (χ3n) is 4.33.